The van der Waals surface area contributed by atoms with Gasteiger partial charge in [0.05, 0.1) is 4.90 Å². The summed E-state index contributed by atoms with van der Waals surface area (Å²) in [6.45, 7) is 4.06. The van der Waals surface area contributed by atoms with Crippen molar-refractivity contribution >= 4 is 15.7 Å². The highest BCUT2D eigenvalue weighted by Gasteiger charge is 2.19. The van der Waals surface area contributed by atoms with Gasteiger partial charge in [0.15, 0.2) is 0 Å². The van der Waals surface area contributed by atoms with Gasteiger partial charge in [0.2, 0.25) is 10.0 Å². The third-order valence-electron chi connectivity index (χ3n) is 2.61. The van der Waals surface area contributed by atoms with Crippen LogP contribution >= 0.6 is 0 Å². The fraction of sp³-hybridized carbons (Fsp3) is 0.500. The van der Waals surface area contributed by atoms with Crippen LogP contribution in [0.2, 0.25) is 0 Å². The van der Waals surface area contributed by atoms with Crippen LogP contribution in [-0.2, 0) is 14.8 Å². The molecule has 18 heavy (non-hydrogen) atoms. The van der Waals surface area contributed by atoms with E-state index in [0.29, 0.717) is 24.3 Å². The molecule has 0 spiro atoms. The molecule has 1 unspecified atom stereocenters. The highest BCUT2D eigenvalue weighted by molar-refractivity contribution is 7.89. The zero-order valence-electron chi connectivity index (χ0n) is 10.9. The van der Waals surface area contributed by atoms with Crippen molar-refractivity contribution in [2.24, 2.45) is 0 Å². The number of hydrogen-bond acceptors (Lipinski definition) is 4. The molecule has 1 aromatic rings. The van der Waals surface area contributed by atoms with E-state index in [1.165, 1.54) is 6.07 Å². The van der Waals surface area contributed by atoms with Gasteiger partial charge in [-0.25, -0.2) is 13.1 Å². The Morgan fingerprint density at radius 3 is 2.72 bits per heavy atom. The smallest absolute Gasteiger partial charge is 0.241 e. The number of benzene rings is 1. The minimum atomic E-state index is -3.53. The largest absolute Gasteiger partial charge is 0.399 e. The van der Waals surface area contributed by atoms with Crippen molar-refractivity contribution in [3.63, 3.8) is 0 Å². The van der Waals surface area contributed by atoms with Gasteiger partial charge in [-0.3, -0.25) is 0 Å². The van der Waals surface area contributed by atoms with Gasteiger partial charge < -0.3 is 10.5 Å². The number of aryl methyl sites for hydroxylation is 1. The number of nitrogen functional groups attached to an aromatic ring is 1. The van der Waals surface area contributed by atoms with Gasteiger partial charge in [0.1, 0.15) is 0 Å². The Kier molecular flexibility index (Phi) is 5.13. The first-order valence-corrected chi connectivity index (χ1v) is 7.22. The topological polar surface area (TPSA) is 81.4 Å². The van der Waals surface area contributed by atoms with Crippen molar-refractivity contribution in [3.8, 4) is 0 Å². The molecule has 0 aliphatic rings. The number of nitrogens with one attached hydrogen (secondary N) is 1. The number of anilines is 1. The average molecular weight is 272 g/mol. The highest BCUT2D eigenvalue weighted by Crippen LogP contribution is 2.18. The molecule has 0 fully saturated rings. The Hall–Kier alpha value is -1.11. The molecule has 1 rings (SSSR count). The number of ether oxygens (including phenoxy) is 1. The summed E-state index contributed by atoms with van der Waals surface area (Å²) in [6, 6.07) is 4.67. The first kappa shape index (κ1) is 14.9. The summed E-state index contributed by atoms with van der Waals surface area (Å²) in [5.74, 6) is 0. The van der Waals surface area contributed by atoms with Gasteiger partial charge in [0.25, 0.3) is 0 Å². The molecule has 0 aromatic heterocycles. The van der Waals surface area contributed by atoms with Crippen LogP contribution in [0.4, 0.5) is 5.69 Å². The molecule has 1 atom stereocenters. The van der Waals surface area contributed by atoms with Crippen LogP contribution in [-0.4, -0.2) is 28.2 Å². The molecule has 0 heterocycles. The zero-order chi connectivity index (χ0) is 13.8. The standard InChI is InChI=1S/C12H20N2O3S/c1-9-4-5-11(13)8-12(9)18(15,16)14-10(2)6-7-17-3/h4-5,8,10,14H,6-7,13H2,1-3H3. The Labute approximate surface area is 108 Å². The molecule has 0 aliphatic carbocycles. The molecule has 0 saturated heterocycles. The van der Waals surface area contributed by atoms with Crippen LogP contribution in [0.3, 0.4) is 0 Å². The zero-order valence-corrected chi connectivity index (χ0v) is 11.8. The van der Waals surface area contributed by atoms with E-state index in [0.717, 1.165) is 0 Å². The number of sulfonamides is 1. The van der Waals surface area contributed by atoms with Crippen LogP contribution in [0.15, 0.2) is 23.1 Å². The van der Waals surface area contributed by atoms with E-state index in [-0.39, 0.29) is 10.9 Å². The lowest BCUT2D eigenvalue weighted by molar-refractivity contribution is 0.188. The summed E-state index contributed by atoms with van der Waals surface area (Å²) >= 11 is 0. The van der Waals surface area contributed by atoms with Crippen molar-refractivity contribution in [2.75, 3.05) is 19.5 Å². The fourth-order valence-corrected chi connectivity index (χ4v) is 3.15. The summed E-state index contributed by atoms with van der Waals surface area (Å²) in [5.41, 5.74) is 6.74. The van der Waals surface area contributed by atoms with Crippen LogP contribution in [0, 0.1) is 6.92 Å². The molecule has 0 saturated carbocycles. The van der Waals surface area contributed by atoms with Crippen molar-refractivity contribution in [1.29, 1.82) is 0 Å². The lowest BCUT2D eigenvalue weighted by atomic mass is 10.2. The fourth-order valence-electron chi connectivity index (χ4n) is 1.59. The van der Waals surface area contributed by atoms with E-state index in [9.17, 15) is 8.42 Å². The van der Waals surface area contributed by atoms with Crippen molar-refractivity contribution < 1.29 is 13.2 Å². The van der Waals surface area contributed by atoms with Gasteiger partial charge in [-0.1, -0.05) is 6.07 Å². The minimum absolute atomic E-state index is 0.184. The molecule has 3 N–H and O–H groups in total. The van der Waals surface area contributed by atoms with Crippen molar-refractivity contribution in [2.45, 2.75) is 31.2 Å². The predicted molar refractivity (Wildman–Crippen MR) is 71.9 cm³/mol. The number of nitrogens with two attached hydrogens (primary N) is 1. The van der Waals surface area contributed by atoms with E-state index >= 15 is 0 Å². The van der Waals surface area contributed by atoms with Crippen LogP contribution < -0.4 is 10.5 Å². The van der Waals surface area contributed by atoms with Crippen LogP contribution in [0.25, 0.3) is 0 Å². The van der Waals surface area contributed by atoms with E-state index in [1.807, 2.05) is 0 Å². The van der Waals surface area contributed by atoms with Gasteiger partial charge in [-0.2, -0.15) is 0 Å². The van der Waals surface area contributed by atoms with Gasteiger partial charge in [-0.05, 0) is 38.0 Å². The third kappa shape index (κ3) is 3.97. The third-order valence-corrected chi connectivity index (χ3v) is 4.34. The molecule has 0 amide bonds. The Bertz CT molecular complexity index is 500. The number of methoxy groups -OCH3 is 1. The molecule has 1 aromatic carbocycles. The van der Waals surface area contributed by atoms with Crippen LogP contribution in [0.5, 0.6) is 0 Å². The second kappa shape index (κ2) is 6.17. The summed E-state index contributed by atoms with van der Waals surface area (Å²) in [4.78, 5) is 0.228. The molecule has 6 heteroatoms. The maximum Gasteiger partial charge on any atom is 0.241 e. The van der Waals surface area contributed by atoms with Gasteiger partial charge in [-0.15, -0.1) is 0 Å². The molecule has 102 valence electrons. The second-order valence-corrected chi connectivity index (χ2v) is 6.01. The molecule has 0 radical (unpaired) electrons. The molecular formula is C12H20N2O3S. The number of rotatable bonds is 6. The van der Waals surface area contributed by atoms with Crippen molar-refractivity contribution in [3.05, 3.63) is 23.8 Å². The first-order chi connectivity index (χ1) is 8.36. The molecule has 0 aliphatic heterocycles. The average Bonchev–Trinajstić information content (AvgIpc) is 2.29. The summed E-state index contributed by atoms with van der Waals surface area (Å²) in [6.07, 6.45) is 0.622. The van der Waals surface area contributed by atoms with Gasteiger partial charge in [0, 0.05) is 25.4 Å². The Morgan fingerprint density at radius 2 is 2.11 bits per heavy atom. The Balaban J connectivity index is 2.89. The first-order valence-electron chi connectivity index (χ1n) is 5.74. The number of hydrogen-bond donors (Lipinski definition) is 2. The molecule has 0 bridgehead atoms. The summed E-state index contributed by atoms with van der Waals surface area (Å²) in [5, 5.41) is 0. The minimum Gasteiger partial charge on any atom is -0.399 e. The van der Waals surface area contributed by atoms with Crippen LogP contribution in [0.1, 0.15) is 18.9 Å². The summed E-state index contributed by atoms with van der Waals surface area (Å²) < 4.78 is 31.9. The highest BCUT2D eigenvalue weighted by atomic mass is 32.2. The monoisotopic (exact) mass is 272 g/mol. The predicted octanol–water partition coefficient (Wildman–Crippen LogP) is 1.28. The van der Waals surface area contributed by atoms with E-state index in [1.54, 1.807) is 33.1 Å². The maximum absolute atomic E-state index is 12.2. The normalized spacial score (nSPS) is 13.5. The second-order valence-electron chi connectivity index (χ2n) is 4.33. The van der Waals surface area contributed by atoms with Crippen molar-refractivity contribution in [1.82, 2.24) is 4.72 Å². The SMILES string of the molecule is COCCC(C)NS(=O)(=O)c1cc(N)ccc1C. The quantitative estimate of drug-likeness (QED) is 0.764. The molecular weight excluding hydrogens is 252 g/mol. The molecule has 5 nitrogen and oxygen atoms in total. The van der Waals surface area contributed by atoms with E-state index < -0.39 is 10.0 Å². The van der Waals surface area contributed by atoms with E-state index in [4.69, 9.17) is 10.5 Å². The Morgan fingerprint density at radius 1 is 1.44 bits per heavy atom. The van der Waals surface area contributed by atoms with Gasteiger partial charge >= 0.3 is 0 Å². The van der Waals surface area contributed by atoms with E-state index in [2.05, 4.69) is 4.72 Å². The lowest BCUT2D eigenvalue weighted by Gasteiger charge is -2.15. The lowest BCUT2D eigenvalue weighted by Crippen LogP contribution is -2.33. The maximum atomic E-state index is 12.2. The summed E-state index contributed by atoms with van der Waals surface area (Å²) in [7, 11) is -1.94.